The van der Waals surface area contributed by atoms with Gasteiger partial charge in [-0.05, 0) is 43.6 Å². The Kier molecular flexibility index (Phi) is 3.53. The molecular weight excluding hydrogens is 240 g/mol. The van der Waals surface area contributed by atoms with Gasteiger partial charge in [-0.2, -0.15) is 0 Å². The number of aliphatic hydroxyl groups is 1. The molecule has 1 N–H and O–H groups in total. The number of hydrogen-bond acceptors (Lipinski definition) is 3. The minimum Gasteiger partial charge on any atom is -0.391 e. The zero-order valence-electron chi connectivity index (χ0n) is 11.1. The summed E-state index contributed by atoms with van der Waals surface area (Å²) in [5.41, 5.74) is 2.18. The number of carbonyl (C=O) groups is 1. The molecule has 19 heavy (non-hydrogen) atoms. The highest BCUT2D eigenvalue weighted by Gasteiger charge is 2.28. The van der Waals surface area contributed by atoms with E-state index in [1.807, 2.05) is 12.1 Å². The number of benzene rings is 1. The molecule has 2 heterocycles. The lowest BCUT2D eigenvalue weighted by molar-refractivity contribution is -0.117. The Morgan fingerprint density at radius 3 is 2.42 bits per heavy atom. The number of nitrogens with zero attached hydrogens (tertiary/aromatic N) is 2. The number of β-amino-alcohol motifs (C(OH)–C–C–N with tert-alkyl or cyclic N) is 1. The fourth-order valence-electron chi connectivity index (χ4n) is 2.92. The van der Waals surface area contributed by atoms with Crippen LogP contribution in [0.4, 0.5) is 5.69 Å². The van der Waals surface area contributed by atoms with E-state index in [0.717, 1.165) is 12.2 Å². The van der Waals surface area contributed by atoms with Crippen LogP contribution >= 0.6 is 0 Å². The van der Waals surface area contributed by atoms with E-state index in [1.54, 1.807) is 4.90 Å². The zero-order valence-corrected chi connectivity index (χ0v) is 11.1. The van der Waals surface area contributed by atoms with Crippen LogP contribution in [0.15, 0.2) is 24.3 Å². The standard InChI is InChI=1S/C15H20N2O2/c18-14-9-15(19)17(11-14)13-5-3-12(4-6-13)10-16-7-1-2-8-16/h3-6,14,18H,1-2,7-11H2. The van der Waals surface area contributed by atoms with E-state index in [4.69, 9.17) is 0 Å². The van der Waals surface area contributed by atoms with Crippen LogP contribution in [-0.2, 0) is 11.3 Å². The Bertz CT molecular complexity index is 452. The van der Waals surface area contributed by atoms with Crippen molar-refractivity contribution >= 4 is 11.6 Å². The molecule has 0 aromatic heterocycles. The van der Waals surface area contributed by atoms with Crippen molar-refractivity contribution in [3.8, 4) is 0 Å². The van der Waals surface area contributed by atoms with Gasteiger partial charge in [-0.25, -0.2) is 0 Å². The van der Waals surface area contributed by atoms with Gasteiger partial charge in [-0.3, -0.25) is 9.69 Å². The van der Waals surface area contributed by atoms with Crippen molar-refractivity contribution in [2.24, 2.45) is 0 Å². The van der Waals surface area contributed by atoms with Gasteiger partial charge in [0.15, 0.2) is 0 Å². The quantitative estimate of drug-likeness (QED) is 0.893. The number of rotatable bonds is 3. The number of hydrogen-bond donors (Lipinski definition) is 1. The van der Waals surface area contributed by atoms with E-state index in [9.17, 15) is 9.90 Å². The normalized spacial score (nSPS) is 24.4. The predicted octanol–water partition coefficient (Wildman–Crippen LogP) is 1.38. The van der Waals surface area contributed by atoms with Crippen LogP contribution in [-0.4, -0.2) is 41.7 Å². The largest absolute Gasteiger partial charge is 0.391 e. The summed E-state index contributed by atoms with van der Waals surface area (Å²) in [6, 6.07) is 8.15. The lowest BCUT2D eigenvalue weighted by Gasteiger charge is -2.18. The third kappa shape index (κ3) is 2.80. The van der Waals surface area contributed by atoms with Crippen molar-refractivity contribution in [1.82, 2.24) is 4.90 Å². The van der Waals surface area contributed by atoms with Gasteiger partial charge in [-0.1, -0.05) is 12.1 Å². The van der Waals surface area contributed by atoms with Crippen molar-refractivity contribution in [1.29, 1.82) is 0 Å². The lowest BCUT2D eigenvalue weighted by Crippen LogP contribution is -2.25. The van der Waals surface area contributed by atoms with Crippen LogP contribution in [0.25, 0.3) is 0 Å². The van der Waals surface area contributed by atoms with Gasteiger partial charge in [0.05, 0.1) is 19.1 Å². The molecule has 0 bridgehead atoms. The van der Waals surface area contributed by atoms with Crippen molar-refractivity contribution in [3.63, 3.8) is 0 Å². The molecule has 102 valence electrons. The molecule has 1 atom stereocenters. The van der Waals surface area contributed by atoms with Crippen LogP contribution < -0.4 is 4.90 Å². The molecular formula is C15H20N2O2. The van der Waals surface area contributed by atoms with E-state index < -0.39 is 6.10 Å². The maximum absolute atomic E-state index is 11.7. The Labute approximate surface area is 113 Å². The second-order valence-corrected chi connectivity index (χ2v) is 5.51. The second kappa shape index (κ2) is 5.31. The van der Waals surface area contributed by atoms with Crippen LogP contribution in [0.5, 0.6) is 0 Å². The summed E-state index contributed by atoms with van der Waals surface area (Å²) in [5.74, 6) is 0.0137. The van der Waals surface area contributed by atoms with Gasteiger partial charge < -0.3 is 10.0 Å². The Hall–Kier alpha value is -1.39. The molecule has 3 rings (SSSR count). The van der Waals surface area contributed by atoms with Crippen LogP contribution in [0.3, 0.4) is 0 Å². The molecule has 2 saturated heterocycles. The van der Waals surface area contributed by atoms with Crippen LogP contribution in [0, 0.1) is 0 Å². The third-order valence-electron chi connectivity index (χ3n) is 3.96. The van der Waals surface area contributed by atoms with Gasteiger partial charge in [0, 0.05) is 12.2 Å². The third-order valence-corrected chi connectivity index (χ3v) is 3.96. The first kappa shape index (κ1) is 12.6. The molecule has 4 heteroatoms. The topological polar surface area (TPSA) is 43.8 Å². The van der Waals surface area contributed by atoms with E-state index >= 15 is 0 Å². The second-order valence-electron chi connectivity index (χ2n) is 5.51. The number of carbonyl (C=O) groups excluding carboxylic acids is 1. The molecule has 1 amide bonds. The van der Waals surface area contributed by atoms with Crippen molar-refractivity contribution in [3.05, 3.63) is 29.8 Å². The summed E-state index contributed by atoms with van der Waals surface area (Å²) in [5, 5.41) is 9.51. The highest BCUT2D eigenvalue weighted by molar-refractivity contribution is 5.96. The number of amides is 1. The van der Waals surface area contributed by atoms with Crippen molar-refractivity contribution < 1.29 is 9.90 Å². The van der Waals surface area contributed by atoms with Crippen LogP contribution in [0.2, 0.25) is 0 Å². The Balaban J connectivity index is 1.66. The first-order valence-corrected chi connectivity index (χ1v) is 7.02. The Morgan fingerprint density at radius 2 is 1.84 bits per heavy atom. The summed E-state index contributed by atoms with van der Waals surface area (Å²) >= 11 is 0. The molecule has 2 aliphatic heterocycles. The van der Waals surface area contributed by atoms with E-state index in [2.05, 4.69) is 17.0 Å². The van der Waals surface area contributed by atoms with Gasteiger partial charge in [0.25, 0.3) is 0 Å². The highest BCUT2D eigenvalue weighted by Crippen LogP contribution is 2.22. The molecule has 2 fully saturated rings. The van der Waals surface area contributed by atoms with E-state index in [-0.39, 0.29) is 12.3 Å². The van der Waals surface area contributed by atoms with Gasteiger partial charge >= 0.3 is 0 Å². The number of anilines is 1. The molecule has 1 aromatic carbocycles. The van der Waals surface area contributed by atoms with Crippen molar-refractivity contribution in [2.75, 3.05) is 24.5 Å². The average molecular weight is 260 g/mol. The summed E-state index contributed by atoms with van der Waals surface area (Å²) < 4.78 is 0. The molecule has 0 saturated carbocycles. The van der Waals surface area contributed by atoms with E-state index in [0.29, 0.717) is 6.54 Å². The molecule has 1 aromatic rings. The maximum atomic E-state index is 11.7. The minimum atomic E-state index is -0.517. The molecule has 0 radical (unpaired) electrons. The zero-order chi connectivity index (χ0) is 13.2. The van der Waals surface area contributed by atoms with Gasteiger partial charge in [0.1, 0.15) is 0 Å². The van der Waals surface area contributed by atoms with Gasteiger partial charge in [0.2, 0.25) is 5.91 Å². The van der Waals surface area contributed by atoms with Crippen molar-refractivity contribution in [2.45, 2.75) is 31.9 Å². The minimum absolute atomic E-state index is 0.0137. The fraction of sp³-hybridized carbons (Fsp3) is 0.533. The first-order valence-electron chi connectivity index (χ1n) is 7.02. The summed E-state index contributed by atoms with van der Waals surface area (Å²) in [6.07, 6.45) is 2.34. The monoisotopic (exact) mass is 260 g/mol. The smallest absolute Gasteiger partial charge is 0.229 e. The van der Waals surface area contributed by atoms with Gasteiger partial charge in [-0.15, -0.1) is 0 Å². The molecule has 2 aliphatic rings. The summed E-state index contributed by atoms with van der Waals surface area (Å²) in [6.45, 7) is 3.80. The highest BCUT2D eigenvalue weighted by atomic mass is 16.3. The molecule has 4 nitrogen and oxygen atoms in total. The number of likely N-dealkylation sites (tertiary alicyclic amines) is 1. The summed E-state index contributed by atoms with van der Waals surface area (Å²) in [7, 11) is 0. The maximum Gasteiger partial charge on any atom is 0.229 e. The molecule has 1 unspecified atom stereocenters. The molecule has 0 aliphatic carbocycles. The molecule has 0 spiro atoms. The fourth-order valence-corrected chi connectivity index (χ4v) is 2.92. The van der Waals surface area contributed by atoms with Crippen LogP contribution in [0.1, 0.15) is 24.8 Å². The number of aliphatic hydroxyl groups excluding tert-OH is 1. The first-order chi connectivity index (χ1) is 9.22. The average Bonchev–Trinajstić information content (AvgIpc) is 3.00. The lowest BCUT2D eigenvalue weighted by atomic mass is 10.2. The summed E-state index contributed by atoms with van der Waals surface area (Å²) in [4.78, 5) is 15.8. The SMILES string of the molecule is O=C1CC(O)CN1c1ccc(CN2CCCC2)cc1. The van der Waals surface area contributed by atoms with E-state index in [1.165, 1.54) is 31.5 Å². The Morgan fingerprint density at radius 1 is 1.16 bits per heavy atom. The predicted molar refractivity (Wildman–Crippen MR) is 73.9 cm³/mol.